The Morgan fingerprint density at radius 2 is 1.69 bits per heavy atom. The second-order valence-electron chi connectivity index (χ2n) is 8.35. The molecule has 0 fully saturated rings. The van der Waals surface area contributed by atoms with Gasteiger partial charge in [0.05, 0.1) is 22.5 Å². The summed E-state index contributed by atoms with van der Waals surface area (Å²) in [5.74, 6) is -1.16. The number of rotatable bonds is 5. The average Bonchev–Trinajstić information content (AvgIpc) is 3.20. The number of hydrogen-bond acceptors (Lipinski definition) is 4. The number of benzene rings is 2. The Morgan fingerprint density at radius 1 is 0.943 bits per heavy atom. The first-order valence-electron chi connectivity index (χ1n) is 11.0. The van der Waals surface area contributed by atoms with Crippen LogP contribution in [-0.2, 0) is 6.61 Å². The molecule has 0 amide bonds. The highest BCUT2D eigenvalue weighted by atomic mass is 19.1. The second kappa shape index (κ2) is 8.79. The normalized spacial score (nSPS) is 11.2. The minimum atomic E-state index is -0.701. The Balaban J connectivity index is 1.56. The minimum absolute atomic E-state index is 0.192. The predicted octanol–water partition coefficient (Wildman–Crippen LogP) is 5.33. The maximum atomic E-state index is 14.0. The molecule has 0 radical (unpaired) electrons. The largest absolute Gasteiger partial charge is 0.485 e. The third kappa shape index (κ3) is 4.07. The molecule has 0 unspecified atom stereocenters. The lowest BCUT2D eigenvalue weighted by Crippen LogP contribution is -2.19. The molecule has 0 spiro atoms. The Bertz CT molecular complexity index is 1620. The van der Waals surface area contributed by atoms with Crippen molar-refractivity contribution in [3.05, 3.63) is 111 Å². The smallest absolute Gasteiger partial charge is 0.267 e. The number of aromatic nitrogens is 4. The highest BCUT2D eigenvalue weighted by Crippen LogP contribution is 2.25. The molecular weight excluding hydrogens is 450 g/mol. The first kappa shape index (κ1) is 22.5. The summed E-state index contributed by atoms with van der Waals surface area (Å²) >= 11 is 0. The van der Waals surface area contributed by atoms with Gasteiger partial charge in [-0.2, -0.15) is 5.10 Å². The van der Waals surface area contributed by atoms with E-state index >= 15 is 0 Å². The first-order chi connectivity index (χ1) is 16.8. The van der Waals surface area contributed by atoms with E-state index in [9.17, 15) is 13.6 Å². The first-order valence-corrected chi connectivity index (χ1v) is 11.0. The highest BCUT2D eigenvalue weighted by molar-refractivity contribution is 5.65. The number of ether oxygens (including phenoxy) is 1. The summed E-state index contributed by atoms with van der Waals surface area (Å²) in [6.45, 7) is 5.32. The van der Waals surface area contributed by atoms with Gasteiger partial charge in [-0.25, -0.2) is 18.4 Å². The lowest BCUT2D eigenvalue weighted by molar-refractivity contribution is 0.294. The molecule has 3 heterocycles. The van der Waals surface area contributed by atoms with Crippen LogP contribution >= 0.6 is 0 Å². The van der Waals surface area contributed by atoms with Crippen molar-refractivity contribution >= 4 is 5.65 Å². The van der Waals surface area contributed by atoms with E-state index < -0.39 is 11.6 Å². The molecule has 0 bridgehead atoms. The maximum Gasteiger partial charge on any atom is 0.267 e. The lowest BCUT2D eigenvalue weighted by Gasteiger charge is -2.12. The van der Waals surface area contributed by atoms with Crippen molar-refractivity contribution < 1.29 is 13.5 Å². The van der Waals surface area contributed by atoms with Crippen LogP contribution in [0.2, 0.25) is 0 Å². The Kier molecular flexibility index (Phi) is 5.64. The third-order valence-corrected chi connectivity index (χ3v) is 5.82. The third-order valence-electron chi connectivity index (χ3n) is 5.82. The van der Waals surface area contributed by atoms with Gasteiger partial charge in [-0.3, -0.25) is 9.20 Å². The van der Waals surface area contributed by atoms with E-state index in [2.05, 4.69) is 10.1 Å². The fraction of sp³-hybridized carbons (Fsp3) is 0.148. The van der Waals surface area contributed by atoms with Gasteiger partial charge in [0.2, 0.25) is 0 Å². The zero-order valence-electron chi connectivity index (χ0n) is 19.4. The number of fused-ring (bicyclic) bond motifs is 1. The maximum absolute atomic E-state index is 14.0. The van der Waals surface area contributed by atoms with Gasteiger partial charge in [0, 0.05) is 11.9 Å². The number of aryl methyl sites for hydroxylation is 3. The molecule has 0 aliphatic carbocycles. The summed E-state index contributed by atoms with van der Waals surface area (Å²) in [6.07, 6.45) is 1.58. The molecule has 2 aromatic carbocycles. The summed E-state index contributed by atoms with van der Waals surface area (Å²) in [4.78, 5) is 18.1. The fourth-order valence-electron chi connectivity index (χ4n) is 4.09. The van der Waals surface area contributed by atoms with Crippen molar-refractivity contribution in [1.29, 1.82) is 0 Å². The summed E-state index contributed by atoms with van der Waals surface area (Å²) < 4.78 is 36.9. The number of halogens is 2. The summed E-state index contributed by atoms with van der Waals surface area (Å²) in [7, 11) is 0. The van der Waals surface area contributed by atoms with Gasteiger partial charge in [-0.05, 0) is 68.8 Å². The zero-order chi connectivity index (χ0) is 24.7. The minimum Gasteiger partial charge on any atom is -0.485 e. The molecule has 8 heteroatoms. The average molecular weight is 472 g/mol. The lowest BCUT2D eigenvalue weighted by atomic mass is 10.1. The number of hydrogen-bond donors (Lipinski definition) is 0. The van der Waals surface area contributed by atoms with Crippen LogP contribution in [0.1, 0.15) is 22.5 Å². The Labute approximate surface area is 200 Å². The second-order valence-corrected chi connectivity index (χ2v) is 8.35. The zero-order valence-corrected chi connectivity index (χ0v) is 19.4. The molecule has 0 atom stereocenters. The Hall–Kier alpha value is -4.33. The molecule has 0 aliphatic rings. The molecule has 176 valence electrons. The van der Waals surface area contributed by atoms with Gasteiger partial charge in [-0.1, -0.05) is 18.2 Å². The van der Waals surface area contributed by atoms with Gasteiger partial charge in [0.15, 0.2) is 11.4 Å². The van der Waals surface area contributed by atoms with Crippen molar-refractivity contribution in [2.45, 2.75) is 27.4 Å². The molecule has 3 aromatic heterocycles. The summed E-state index contributed by atoms with van der Waals surface area (Å²) in [5, 5.41) is 4.69. The van der Waals surface area contributed by atoms with Gasteiger partial charge in [-0.15, -0.1) is 0 Å². The van der Waals surface area contributed by atoms with Crippen LogP contribution in [0.4, 0.5) is 8.78 Å². The van der Waals surface area contributed by atoms with Gasteiger partial charge in [0.1, 0.15) is 23.9 Å². The molecule has 0 N–H and O–H groups in total. The standard InChI is InChI=1S/C27H22F2N4O2/c1-16-7-4-8-19(13-16)33-17(2)14-23(31-33)25-18(3)30-26-24(11-6-12-32(26)27(25)34)35-15-20-21(28)9-5-10-22(20)29/h4-14H,15H2,1-3H3. The molecular formula is C27H22F2N4O2. The van der Waals surface area contributed by atoms with Crippen molar-refractivity contribution in [3.63, 3.8) is 0 Å². The van der Waals surface area contributed by atoms with Crippen LogP contribution in [0.25, 0.3) is 22.6 Å². The van der Waals surface area contributed by atoms with Crippen LogP contribution < -0.4 is 10.3 Å². The topological polar surface area (TPSA) is 61.4 Å². The quantitative estimate of drug-likeness (QED) is 0.347. The molecule has 0 saturated carbocycles. The Morgan fingerprint density at radius 3 is 2.43 bits per heavy atom. The SMILES string of the molecule is Cc1cccc(-n2nc(-c3c(C)nc4c(OCc5c(F)cccc5F)cccn4c3=O)cc2C)c1. The van der Waals surface area contributed by atoms with E-state index in [0.717, 1.165) is 16.9 Å². The molecule has 0 saturated heterocycles. The number of nitrogens with zero attached hydrogens (tertiary/aromatic N) is 4. The molecule has 0 aliphatic heterocycles. The van der Waals surface area contributed by atoms with E-state index in [-0.39, 0.29) is 29.1 Å². The van der Waals surface area contributed by atoms with E-state index in [1.807, 2.05) is 44.2 Å². The molecule has 35 heavy (non-hydrogen) atoms. The van der Waals surface area contributed by atoms with Gasteiger partial charge in [0.25, 0.3) is 5.56 Å². The van der Waals surface area contributed by atoms with Gasteiger partial charge >= 0.3 is 0 Å². The fourth-order valence-corrected chi connectivity index (χ4v) is 4.09. The van der Waals surface area contributed by atoms with Crippen LogP contribution in [0.3, 0.4) is 0 Å². The van der Waals surface area contributed by atoms with Crippen molar-refractivity contribution in [3.8, 4) is 22.7 Å². The molecule has 5 rings (SSSR count). The molecule has 6 nitrogen and oxygen atoms in total. The van der Waals surface area contributed by atoms with Crippen molar-refractivity contribution in [2.24, 2.45) is 0 Å². The van der Waals surface area contributed by atoms with Gasteiger partial charge < -0.3 is 4.74 Å². The van der Waals surface area contributed by atoms with E-state index in [1.54, 1.807) is 29.9 Å². The van der Waals surface area contributed by atoms with E-state index in [1.165, 1.54) is 22.6 Å². The van der Waals surface area contributed by atoms with Crippen LogP contribution in [0.15, 0.2) is 71.7 Å². The van der Waals surface area contributed by atoms with Crippen LogP contribution in [0, 0.1) is 32.4 Å². The van der Waals surface area contributed by atoms with E-state index in [4.69, 9.17) is 4.74 Å². The summed E-state index contributed by atoms with van der Waals surface area (Å²) in [5.41, 5.74) is 3.97. The van der Waals surface area contributed by atoms with Crippen LogP contribution in [-0.4, -0.2) is 19.2 Å². The van der Waals surface area contributed by atoms with Crippen LogP contribution in [0.5, 0.6) is 5.75 Å². The van der Waals surface area contributed by atoms with E-state index in [0.29, 0.717) is 17.0 Å². The predicted molar refractivity (Wildman–Crippen MR) is 129 cm³/mol. The highest BCUT2D eigenvalue weighted by Gasteiger charge is 2.19. The van der Waals surface area contributed by atoms with Crippen molar-refractivity contribution in [2.75, 3.05) is 0 Å². The number of pyridine rings is 1. The monoisotopic (exact) mass is 472 g/mol. The van der Waals surface area contributed by atoms with Crippen molar-refractivity contribution in [1.82, 2.24) is 19.2 Å². The molecule has 5 aromatic rings. The summed E-state index contributed by atoms with van der Waals surface area (Å²) in [6, 6.07) is 16.6.